The zero-order valence-corrected chi connectivity index (χ0v) is 9.43. The Kier molecular flexibility index (Phi) is 3.31. The molecule has 1 rings (SSSR count). The largest absolute Gasteiger partial charge is 0.496 e. The van der Waals surface area contributed by atoms with Crippen LogP contribution in [-0.2, 0) is 10.4 Å². The van der Waals surface area contributed by atoms with Crippen molar-refractivity contribution in [2.75, 3.05) is 7.11 Å². The van der Waals surface area contributed by atoms with E-state index in [-0.39, 0.29) is 5.82 Å². The predicted molar refractivity (Wildman–Crippen MR) is 56.0 cm³/mol. The van der Waals surface area contributed by atoms with Gasteiger partial charge in [0.05, 0.1) is 12.7 Å². The summed E-state index contributed by atoms with van der Waals surface area (Å²) in [5.41, 5.74) is 0.211. The van der Waals surface area contributed by atoms with E-state index in [0.29, 0.717) is 11.3 Å². The quantitative estimate of drug-likeness (QED) is 0.783. The molecule has 0 aromatic heterocycles. The molecule has 3 nitrogen and oxygen atoms in total. The van der Waals surface area contributed by atoms with E-state index in [2.05, 4.69) is 0 Å². The molecule has 0 aliphatic heterocycles. The highest BCUT2D eigenvalue weighted by atomic mass is 19.1. The van der Waals surface area contributed by atoms with Gasteiger partial charge in [-0.15, -0.1) is 0 Å². The molecule has 1 aromatic rings. The van der Waals surface area contributed by atoms with Crippen molar-refractivity contribution < 1.29 is 14.0 Å². The van der Waals surface area contributed by atoms with Crippen LogP contribution in [0.3, 0.4) is 0 Å². The first-order valence-electron chi connectivity index (χ1n) is 4.65. The fourth-order valence-corrected chi connectivity index (χ4v) is 1.51. The van der Waals surface area contributed by atoms with Crippen LogP contribution in [0.1, 0.15) is 25.0 Å². The van der Waals surface area contributed by atoms with Crippen LogP contribution in [0, 0.1) is 12.7 Å². The number of halogens is 1. The summed E-state index contributed by atoms with van der Waals surface area (Å²) in [5, 5.41) is 0. The van der Waals surface area contributed by atoms with Gasteiger partial charge in [-0.25, -0.2) is 10.3 Å². The van der Waals surface area contributed by atoms with Gasteiger partial charge in [0.25, 0.3) is 0 Å². The van der Waals surface area contributed by atoms with Crippen molar-refractivity contribution in [2.24, 2.45) is 5.90 Å². The smallest absolute Gasteiger partial charge is 0.133 e. The fraction of sp³-hybridized carbons (Fsp3) is 0.455. The lowest BCUT2D eigenvalue weighted by molar-refractivity contribution is -0.0276. The second-order valence-corrected chi connectivity index (χ2v) is 3.95. The summed E-state index contributed by atoms with van der Waals surface area (Å²) in [6, 6.07) is 3.18. The third-order valence-corrected chi connectivity index (χ3v) is 2.31. The molecule has 1 aromatic carbocycles. The van der Waals surface area contributed by atoms with Crippen molar-refractivity contribution >= 4 is 0 Å². The van der Waals surface area contributed by atoms with Gasteiger partial charge in [0.15, 0.2) is 0 Å². The van der Waals surface area contributed by atoms with Crippen LogP contribution < -0.4 is 10.6 Å². The van der Waals surface area contributed by atoms with Gasteiger partial charge < -0.3 is 4.74 Å². The molecule has 0 radical (unpaired) electrons. The zero-order chi connectivity index (χ0) is 11.6. The van der Waals surface area contributed by atoms with Gasteiger partial charge in [0.1, 0.15) is 17.2 Å². The maximum Gasteiger partial charge on any atom is 0.133 e. The van der Waals surface area contributed by atoms with Crippen molar-refractivity contribution in [3.05, 3.63) is 29.1 Å². The molecule has 0 saturated heterocycles. The number of aryl methyl sites for hydroxylation is 1. The molecule has 0 spiro atoms. The van der Waals surface area contributed by atoms with E-state index >= 15 is 0 Å². The minimum atomic E-state index is -0.914. The Hall–Kier alpha value is -1.13. The van der Waals surface area contributed by atoms with E-state index in [4.69, 9.17) is 15.5 Å². The van der Waals surface area contributed by atoms with Gasteiger partial charge in [-0.3, -0.25) is 4.84 Å². The van der Waals surface area contributed by atoms with Gasteiger partial charge in [0, 0.05) is 0 Å². The van der Waals surface area contributed by atoms with Gasteiger partial charge in [-0.1, -0.05) is 0 Å². The molecule has 0 amide bonds. The van der Waals surface area contributed by atoms with Gasteiger partial charge in [0.2, 0.25) is 0 Å². The normalized spacial score (nSPS) is 11.6. The second kappa shape index (κ2) is 4.16. The number of rotatable bonds is 3. The van der Waals surface area contributed by atoms with Crippen LogP contribution in [0.2, 0.25) is 0 Å². The van der Waals surface area contributed by atoms with Gasteiger partial charge in [-0.2, -0.15) is 0 Å². The third kappa shape index (κ3) is 2.27. The molecule has 2 N–H and O–H groups in total. The molecule has 84 valence electrons. The van der Waals surface area contributed by atoms with E-state index in [1.54, 1.807) is 26.8 Å². The van der Waals surface area contributed by atoms with Crippen molar-refractivity contribution in [3.8, 4) is 5.75 Å². The van der Waals surface area contributed by atoms with E-state index in [0.717, 1.165) is 5.56 Å². The van der Waals surface area contributed by atoms with Crippen LogP contribution in [-0.4, -0.2) is 7.11 Å². The Balaban J connectivity index is 3.39. The van der Waals surface area contributed by atoms with Crippen LogP contribution in [0.15, 0.2) is 12.1 Å². The zero-order valence-electron chi connectivity index (χ0n) is 9.43. The highest BCUT2D eigenvalue weighted by Gasteiger charge is 2.28. The molecule has 0 aliphatic rings. The number of ether oxygens (including phenoxy) is 1. The number of hydrogen-bond acceptors (Lipinski definition) is 3. The first-order valence-corrected chi connectivity index (χ1v) is 4.65. The standard InChI is InChI=1S/C11H16FNO2/c1-7-5-8(12)10(9(6-7)14-4)11(2,3)15-13/h5-6H,13H2,1-4H3. The molecular weight excluding hydrogens is 197 g/mol. The molecule has 0 heterocycles. The summed E-state index contributed by atoms with van der Waals surface area (Å²) in [5.74, 6) is 5.22. The summed E-state index contributed by atoms with van der Waals surface area (Å²) in [4.78, 5) is 4.77. The first-order chi connectivity index (χ1) is 6.92. The van der Waals surface area contributed by atoms with Crippen molar-refractivity contribution in [3.63, 3.8) is 0 Å². The Bertz CT molecular complexity index is 364. The minimum absolute atomic E-state index is 0.332. The average molecular weight is 213 g/mol. The van der Waals surface area contributed by atoms with Crippen LogP contribution >= 0.6 is 0 Å². The maximum absolute atomic E-state index is 13.8. The summed E-state index contributed by atoms with van der Waals surface area (Å²) in [7, 11) is 1.49. The van der Waals surface area contributed by atoms with Crippen molar-refractivity contribution in [1.29, 1.82) is 0 Å². The predicted octanol–water partition coefficient (Wildman–Crippen LogP) is 2.27. The van der Waals surface area contributed by atoms with Crippen molar-refractivity contribution in [2.45, 2.75) is 26.4 Å². The van der Waals surface area contributed by atoms with E-state index in [9.17, 15) is 4.39 Å². The van der Waals surface area contributed by atoms with Crippen molar-refractivity contribution in [1.82, 2.24) is 0 Å². The molecule has 4 heteroatoms. The highest BCUT2D eigenvalue weighted by molar-refractivity contribution is 5.41. The van der Waals surface area contributed by atoms with E-state index in [1.165, 1.54) is 13.2 Å². The molecule has 0 bridgehead atoms. The fourth-order valence-electron chi connectivity index (χ4n) is 1.51. The number of nitrogens with two attached hydrogens (primary N) is 1. The SMILES string of the molecule is COc1cc(C)cc(F)c1C(C)(C)ON. The lowest BCUT2D eigenvalue weighted by Crippen LogP contribution is -2.27. The van der Waals surface area contributed by atoms with Gasteiger partial charge >= 0.3 is 0 Å². The number of benzene rings is 1. The molecule has 0 atom stereocenters. The second-order valence-electron chi connectivity index (χ2n) is 3.95. The third-order valence-electron chi connectivity index (χ3n) is 2.31. The molecule has 0 fully saturated rings. The number of hydrogen-bond donors (Lipinski definition) is 1. The maximum atomic E-state index is 13.8. The highest BCUT2D eigenvalue weighted by Crippen LogP contribution is 2.34. The molecule has 15 heavy (non-hydrogen) atoms. The van der Waals surface area contributed by atoms with E-state index in [1.807, 2.05) is 0 Å². The summed E-state index contributed by atoms with van der Waals surface area (Å²) < 4.78 is 18.9. The topological polar surface area (TPSA) is 44.5 Å². The monoisotopic (exact) mass is 213 g/mol. The van der Waals surface area contributed by atoms with Gasteiger partial charge in [-0.05, 0) is 38.5 Å². The Labute approximate surface area is 88.9 Å². The summed E-state index contributed by atoms with van der Waals surface area (Å²) in [6.07, 6.45) is 0. The Morgan fingerprint density at radius 2 is 1.93 bits per heavy atom. The summed E-state index contributed by atoms with van der Waals surface area (Å²) in [6.45, 7) is 5.16. The Morgan fingerprint density at radius 1 is 1.33 bits per heavy atom. The van der Waals surface area contributed by atoms with Crippen LogP contribution in [0.4, 0.5) is 4.39 Å². The minimum Gasteiger partial charge on any atom is -0.496 e. The van der Waals surface area contributed by atoms with Crippen LogP contribution in [0.5, 0.6) is 5.75 Å². The molecular formula is C11H16FNO2. The molecule has 0 unspecified atom stereocenters. The van der Waals surface area contributed by atoms with Crippen LogP contribution in [0.25, 0.3) is 0 Å². The first kappa shape index (κ1) is 11.9. The lowest BCUT2D eigenvalue weighted by atomic mass is 9.95. The molecule has 0 saturated carbocycles. The number of methoxy groups -OCH3 is 1. The Morgan fingerprint density at radius 3 is 2.40 bits per heavy atom. The summed E-state index contributed by atoms with van der Waals surface area (Å²) >= 11 is 0. The molecule has 0 aliphatic carbocycles. The average Bonchev–Trinajstić information content (AvgIpc) is 2.15. The van der Waals surface area contributed by atoms with E-state index < -0.39 is 5.60 Å². The lowest BCUT2D eigenvalue weighted by Gasteiger charge is -2.25.